The molecule has 0 unspecified atom stereocenters. The van der Waals surface area contributed by atoms with Crippen LogP contribution in [0.4, 0.5) is 0 Å². The Bertz CT molecular complexity index is 1010. The zero-order valence-corrected chi connectivity index (χ0v) is 20.0. The second kappa shape index (κ2) is 9.79. The minimum Gasteiger partial charge on any atom is -0.350 e. The van der Waals surface area contributed by atoms with Crippen LogP contribution in [0.5, 0.6) is 0 Å². The molecule has 3 fully saturated rings. The fourth-order valence-electron chi connectivity index (χ4n) is 5.05. The van der Waals surface area contributed by atoms with Crippen LogP contribution in [0, 0.1) is 0 Å². The lowest BCUT2D eigenvalue weighted by molar-refractivity contribution is -0.121. The Balaban J connectivity index is 1.38. The van der Waals surface area contributed by atoms with Gasteiger partial charge in [0.2, 0.25) is 15.9 Å². The quantitative estimate of drug-likeness (QED) is 0.652. The fraction of sp³-hybridized carbons (Fsp3) is 0.682. The first-order valence-electron chi connectivity index (χ1n) is 11.6. The third-order valence-corrected chi connectivity index (χ3v) is 10.4. The summed E-state index contributed by atoms with van der Waals surface area (Å²) in [6.07, 6.45) is 6.19. The number of sulfone groups is 1. The predicted octanol–water partition coefficient (Wildman–Crippen LogP) is 1.17. The van der Waals surface area contributed by atoms with E-state index in [-0.39, 0.29) is 34.8 Å². The molecule has 2 atom stereocenters. The van der Waals surface area contributed by atoms with E-state index in [0.29, 0.717) is 18.7 Å². The molecule has 0 aliphatic carbocycles. The molecule has 0 spiro atoms. The van der Waals surface area contributed by atoms with Gasteiger partial charge in [0.25, 0.3) is 0 Å². The maximum Gasteiger partial charge on any atom is 0.243 e. The van der Waals surface area contributed by atoms with Gasteiger partial charge in [-0.2, -0.15) is 4.31 Å². The van der Waals surface area contributed by atoms with Crippen LogP contribution >= 0.6 is 0 Å². The van der Waals surface area contributed by atoms with Crippen LogP contribution in [0.1, 0.15) is 44.1 Å². The number of carbonyl (C=O) groups is 1. The largest absolute Gasteiger partial charge is 0.350 e. The summed E-state index contributed by atoms with van der Waals surface area (Å²) < 4.78 is 51.6. The molecular weight excluding hydrogens is 450 g/mol. The Morgan fingerprint density at radius 1 is 0.906 bits per heavy atom. The highest BCUT2D eigenvalue weighted by molar-refractivity contribution is 7.91. The summed E-state index contributed by atoms with van der Waals surface area (Å²) in [5.41, 5.74) is 0.704. The minimum absolute atomic E-state index is 0.0209. The lowest BCUT2D eigenvalue weighted by atomic mass is 10.0. The van der Waals surface area contributed by atoms with E-state index < -0.39 is 25.9 Å². The number of rotatable bonds is 6. The first-order chi connectivity index (χ1) is 15.2. The number of nitrogens with one attached hydrogen (secondary N) is 1. The summed E-state index contributed by atoms with van der Waals surface area (Å²) in [6, 6.07) is 5.89. The first-order valence-corrected chi connectivity index (χ1v) is 14.8. The molecule has 8 nitrogen and oxygen atoms in total. The van der Waals surface area contributed by atoms with Crippen molar-refractivity contribution in [2.75, 3.05) is 37.7 Å². The van der Waals surface area contributed by atoms with Crippen LogP contribution < -0.4 is 5.32 Å². The van der Waals surface area contributed by atoms with Crippen molar-refractivity contribution in [3.8, 4) is 0 Å². The van der Waals surface area contributed by atoms with E-state index in [0.717, 1.165) is 51.6 Å². The van der Waals surface area contributed by atoms with Crippen molar-refractivity contribution in [3.63, 3.8) is 0 Å². The van der Waals surface area contributed by atoms with Crippen molar-refractivity contribution >= 4 is 25.8 Å². The van der Waals surface area contributed by atoms with E-state index in [2.05, 4.69) is 10.2 Å². The molecule has 1 N–H and O–H groups in total. The summed E-state index contributed by atoms with van der Waals surface area (Å²) in [5, 5.41) is 2.94. The number of hydrogen-bond acceptors (Lipinski definition) is 6. The van der Waals surface area contributed by atoms with Gasteiger partial charge in [-0.15, -0.1) is 0 Å². The van der Waals surface area contributed by atoms with Gasteiger partial charge in [-0.1, -0.05) is 25.0 Å². The highest BCUT2D eigenvalue weighted by Gasteiger charge is 2.41. The molecule has 178 valence electrons. The molecule has 1 aromatic carbocycles. The molecule has 3 aliphatic heterocycles. The maximum absolute atomic E-state index is 12.8. The molecule has 0 radical (unpaired) electrons. The minimum atomic E-state index is -3.50. The lowest BCUT2D eigenvalue weighted by Gasteiger charge is -2.35. The molecular formula is C22H33N3O5S2. The van der Waals surface area contributed by atoms with Crippen LogP contribution in [0.3, 0.4) is 0 Å². The highest BCUT2D eigenvalue weighted by atomic mass is 32.2. The summed E-state index contributed by atoms with van der Waals surface area (Å²) in [7, 11) is -6.67. The average molecular weight is 484 g/mol. The van der Waals surface area contributed by atoms with Crippen LogP contribution in [0.15, 0.2) is 29.2 Å². The Hall–Kier alpha value is -1.49. The molecule has 0 saturated carbocycles. The van der Waals surface area contributed by atoms with E-state index in [4.69, 9.17) is 0 Å². The zero-order chi connectivity index (χ0) is 22.8. The molecule has 10 heteroatoms. The van der Waals surface area contributed by atoms with Gasteiger partial charge in [-0.05, 0) is 56.5 Å². The van der Waals surface area contributed by atoms with Gasteiger partial charge >= 0.3 is 0 Å². The Kier molecular flexibility index (Phi) is 7.24. The SMILES string of the molecule is O=C(Cc1ccc(S(=O)(=O)N2CCCCC2)cc1)N[C@H]1CS(=O)(=O)C[C@@H]1N1CCCCC1. The standard InChI is InChI=1S/C22H33N3O5S2/c26-22(23-20-16-31(27,28)17-21(20)24-11-3-1-4-12-24)15-18-7-9-19(10-8-18)32(29,30)25-13-5-2-6-14-25/h7-10,20-21H,1-6,11-17H2,(H,23,26)/t20-,21-/m0/s1. The highest BCUT2D eigenvalue weighted by Crippen LogP contribution is 2.23. The normalized spacial score (nSPS) is 27.2. The van der Waals surface area contributed by atoms with E-state index in [1.165, 1.54) is 4.31 Å². The molecule has 1 aromatic rings. The van der Waals surface area contributed by atoms with Crippen LogP contribution in [0.25, 0.3) is 0 Å². The summed E-state index contributed by atoms with van der Waals surface area (Å²) in [6.45, 7) is 2.85. The Labute approximate surface area is 191 Å². The topological polar surface area (TPSA) is 104 Å². The van der Waals surface area contributed by atoms with Gasteiger partial charge in [0, 0.05) is 19.1 Å². The molecule has 0 bridgehead atoms. The fourth-order valence-corrected chi connectivity index (χ4v) is 8.52. The van der Waals surface area contributed by atoms with Crippen LogP contribution in [-0.4, -0.2) is 81.7 Å². The number of piperidine rings is 2. The number of nitrogens with zero attached hydrogens (tertiary/aromatic N) is 2. The molecule has 1 amide bonds. The monoisotopic (exact) mass is 483 g/mol. The maximum atomic E-state index is 12.8. The second-order valence-electron chi connectivity index (χ2n) is 9.20. The van der Waals surface area contributed by atoms with Gasteiger partial charge in [-0.3, -0.25) is 9.69 Å². The zero-order valence-electron chi connectivity index (χ0n) is 18.4. The van der Waals surface area contributed by atoms with Crippen LogP contribution in [0.2, 0.25) is 0 Å². The molecule has 4 rings (SSSR count). The van der Waals surface area contributed by atoms with Gasteiger partial charge < -0.3 is 5.32 Å². The average Bonchev–Trinajstić information content (AvgIpc) is 3.09. The van der Waals surface area contributed by atoms with Crippen molar-refractivity contribution in [3.05, 3.63) is 29.8 Å². The Morgan fingerprint density at radius 3 is 2.12 bits per heavy atom. The van der Waals surface area contributed by atoms with E-state index in [1.54, 1.807) is 24.3 Å². The van der Waals surface area contributed by atoms with Crippen molar-refractivity contribution in [1.29, 1.82) is 0 Å². The van der Waals surface area contributed by atoms with E-state index in [1.807, 2.05) is 0 Å². The molecule has 3 heterocycles. The van der Waals surface area contributed by atoms with Crippen LogP contribution in [-0.2, 0) is 31.1 Å². The number of likely N-dealkylation sites (tertiary alicyclic amines) is 1. The van der Waals surface area contributed by atoms with Crippen molar-refractivity contribution in [1.82, 2.24) is 14.5 Å². The smallest absolute Gasteiger partial charge is 0.243 e. The van der Waals surface area contributed by atoms with Gasteiger partial charge in [0.05, 0.1) is 28.9 Å². The van der Waals surface area contributed by atoms with Crippen molar-refractivity contribution < 1.29 is 21.6 Å². The summed E-state index contributed by atoms with van der Waals surface area (Å²) >= 11 is 0. The van der Waals surface area contributed by atoms with E-state index in [9.17, 15) is 21.6 Å². The molecule has 0 aromatic heterocycles. The van der Waals surface area contributed by atoms with Gasteiger partial charge in [0.15, 0.2) is 9.84 Å². The summed E-state index contributed by atoms with van der Waals surface area (Å²) in [5.74, 6) is -0.158. The first kappa shape index (κ1) is 23.7. The van der Waals surface area contributed by atoms with Gasteiger partial charge in [-0.25, -0.2) is 16.8 Å². The number of carbonyl (C=O) groups excluding carboxylic acids is 1. The van der Waals surface area contributed by atoms with Crippen molar-refractivity contribution in [2.24, 2.45) is 0 Å². The Morgan fingerprint density at radius 2 is 1.50 bits per heavy atom. The second-order valence-corrected chi connectivity index (χ2v) is 13.3. The number of sulfonamides is 1. The number of amides is 1. The molecule has 32 heavy (non-hydrogen) atoms. The van der Waals surface area contributed by atoms with E-state index >= 15 is 0 Å². The third-order valence-electron chi connectivity index (χ3n) is 6.77. The summed E-state index contributed by atoms with van der Waals surface area (Å²) in [4.78, 5) is 15.1. The number of benzene rings is 1. The lowest BCUT2D eigenvalue weighted by Crippen LogP contribution is -2.52. The van der Waals surface area contributed by atoms with Gasteiger partial charge in [0.1, 0.15) is 0 Å². The molecule has 3 saturated heterocycles. The predicted molar refractivity (Wildman–Crippen MR) is 123 cm³/mol. The third kappa shape index (κ3) is 5.52. The molecule has 3 aliphatic rings. The van der Waals surface area contributed by atoms with Crippen molar-refractivity contribution in [2.45, 2.75) is 61.9 Å². The number of hydrogen-bond donors (Lipinski definition) is 1.